The number of rotatable bonds is 2. The summed E-state index contributed by atoms with van der Waals surface area (Å²) in [6.07, 6.45) is 3.29. The lowest BCUT2D eigenvalue weighted by Crippen LogP contribution is -2.30. The van der Waals surface area contributed by atoms with E-state index in [1.54, 1.807) is 37.5 Å². The number of thiazole rings is 1. The smallest absolute Gasteiger partial charge is 0.277 e. The molecular formula is C14H10N2O3S2. The summed E-state index contributed by atoms with van der Waals surface area (Å²) in [5.41, 5.74) is 0.385. The maximum atomic E-state index is 12.0. The van der Waals surface area contributed by atoms with Crippen LogP contribution in [0.25, 0.3) is 12.2 Å². The van der Waals surface area contributed by atoms with Crippen molar-refractivity contribution in [2.45, 2.75) is 0 Å². The molecule has 0 saturated heterocycles. The molecule has 5 nitrogen and oxygen atoms in total. The van der Waals surface area contributed by atoms with Crippen molar-refractivity contribution in [2.24, 2.45) is 4.99 Å². The standard InChI is InChI=1S/C14H10N2O3S2/c1-19-9-2-3-10-7(5-9)4-8(12(17)15-10)6-11-13(18)16-14(20)21-11/h2-6,18H,1H3,(H,16,20). The number of carbonyl (C=O) groups excluding carboxylic acids is 1. The number of H-pyrrole nitrogens is 1. The average molecular weight is 318 g/mol. The van der Waals surface area contributed by atoms with Gasteiger partial charge in [-0.3, -0.25) is 4.79 Å². The number of nitrogens with one attached hydrogen (secondary N) is 1. The van der Waals surface area contributed by atoms with Crippen molar-refractivity contribution in [1.82, 2.24) is 4.98 Å². The van der Waals surface area contributed by atoms with E-state index in [-0.39, 0.29) is 11.8 Å². The predicted molar refractivity (Wildman–Crippen MR) is 82.4 cm³/mol. The first-order valence-electron chi connectivity index (χ1n) is 5.99. The predicted octanol–water partition coefficient (Wildman–Crippen LogP) is 1.54. The summed E-state index contributed by atoms with van der Waals surface area (Å²) in [5, 5.41) is 11.1. The van der Waals surface area contributed by atoms with Crippen LogP contribution in [0.3, 0.4) is 0 Å². The van der Waals surface area contributed by atoms with Gasteiger partial charge in [0.15, 0.2) is 3.95 Å². The number of aromatic nitrogens is 1. The van der Waals surface area contributed by atoms with Gasteiger partial charge >= 0.3 is 0 Å². The molecular weight excluding hydrogens is 308 g/mol. The zero-order valence-electron chi connectivity index (χ0n) is 10.9. The van der Waals surface area contributed by atoms with Gasteiger partial charge in [0.1, 0.15) is 5.75 Å². The topological polar surface area (TPSA) is 74.7 Å². The van der Waals surface area contributed by atoms with Crippen molar-refractivity contribution in [3.63, 3.8) is 0 Å². The van der Waals surface area contributed by atoms with Crippen molar-refractivity contribution < 1.29 is 14.6 Å². The maximum Gasteiger partial charge on any atom is 0.277 e. The first-order chi connectivity index (χ1) is 10.1. The lowest BCUT2D eigenvalue weighted by atomic mass is 10.1. The second-order valence-corrected chi connectivity index (χ2v) is 6.03. The summed E-state index contributed by atoms with van der Waals surface area (Å²) < 4.78 is 5.61. The molecule has 2 aromatic rings. The van der Waals surface area contributed by atoms with Crippen LogP contribution in [0.4, 0.5) is 0 Å². The first-order valence-corrected chi connectivity index (χ1v) is 7.22. The van der Waals surface area contributed by atoms with Gasteiger partial charge in [0, 0.05) is 10.8 Å². The van der Waals surface area contributed by atoms with Crippen LogP contribution < -0.4 is 15.3 Å². The highest BCUT2D eigenvalue weighted by atomic mass is 32.1. The third-order valence-electron chi connectivity index (χ3n) is 2.96. The fourth-order valence-electron chi connectivity index (χ4n) is 1.95. The molecule has 1 aliphatic heterocycles. The molecule has 0 aliphatic carbocycles. The lowest BCUT2D eigenvalue weighted by molar-refractivity contribution is -0.114. The van der Waals surface area contributed by atoms with E-state index in [4.69, 9.17) is 17.0 Å². The Morgan fingerprint density at radius 2 is 2.29 bits per heavy atom. The summed E-state index contributed by atoms with van der Waals surface area (Å²) in [6.45, 7) is 0. The third-order valence-corrected chi connectivity index (χ3v) is 4.13. The highest BCUT2D eigenvalue weighted by molar-refractivity contribution is 7.73. The van der Waals surface area contributed by atoms with Crippen molar-refractivity contribution in [1.29, 1.82) is 0 Å². The van der Waals surface area contributed by atoms with Crippen LogP contribution in [0, 0.1) is 3.95 Å². The minimum Gasteiger partial charge on any atom is -0.497 e. The molecule has 2 heterocycles. The molecule has 0 fully saturated rings. The van der Waals surface area contributed by atoms with Gasteiger partial charge in [0.25, 0.3) is 5.91 Å². The Balaban J connectivity index is 2.16. The minimum absolute atomic E-state index is 0.0462. The van der Waals surface area contributed by atoms with Crippen molar-refractivity contribution in [3.05, 3.63) is 43.2 Å². The molecule has 0 radical (unpaired) electrons. The SMILES string of the molecule is COc1ccc2c(c1)=CC(=Cc1sc(=S)[nH]c1O)C(=O)N=2. The number of fused-ring (bicyclic) bond motifs is 1. The van der Waals surface area contributed by atoms with E-state index < -0.39 is 0 Å². The summed E-state index contributed by atoms with van der Waals surface area (Å²) in [5.74, 6) is 0.288. The monoisotopic (exact) mass is 318 g/mol. The highest BCUT2D eigenvalue weighted by Crippen LogP contribution is 2.25. The van der Waals surface area contributed by atoms with Crippen LogP contribution in [0.2, 0.25) is 0 Å². The van der Waals surface area contributed by atoms with Gasteiger partial charge < -0.3 is 14.8 Å². The second kappa shape index (κ2) is 5.27. The number of aromatic hydroxyl groups is 1. The van der Waals surface area contributed by atoms with Crippen LogP contribution in [-0.2, 0) is 4.79 Å². The largest absolute Gasteiger partial charge is 0.497 e. The van der Waals surface area contributed by atoms with Gasteiger partial charge in [-0.05, 0) is 42.6 Å². The minimum atomic E-state index is -0.355. The molecule has 0 bridgehead atoms. The van der Waals surface area contributed by atoms with E-state index >= 15 is 0 Å². The molecule has 2 N–H and O–H groups in total. The number of hydrogen-bond donors (Lipinski definition) is 2. The van der Waals surface area contributed by atoms with Gasteiger partial charge in [-0.15, -0.1) is 11.3 Å². The van der Waals surface area contributed by atoms with Crippen LogP contribution in [0.5, 0.6) is 11.6 Å². The van der Waals surface area contributed by atoms with Gasteiger partial charge in [-0.1, -0.05) is 0 Å². The average Bonchev–Trinajstić information content (AvgIpc) is 2.77. The Morgan fingerprint density at radius 3 is 2.95 bits per heavy atom. The van der Waals surface area contributed by atoms with E-state index in [1.807, 2.05) is 0 Å². The second-order valence-electron chi connectivity index (χ2n) is 4.31. The van der Waals surface area contributed by atoms with Crippen molar-refractivity contribution >= 4 is 41.6 Å². The number of carbonyl (C=O) groups is 1. The summed E-state index contributed by atoms with van der Waals surface area (Å²) in [4.78, 5) is 19.2. The van der Waals surface area contributed by atoms with E-state index in [2.05, 4.69) is 9.98 Å². The molecule has 106 valence electrons. The van der Waals surface area contributed by atoms with E-state index in [0.717, 1.165) is 5.22 Å². The van der Waals surface area contributed by atoms with Gasteiger partial charge in [-0.2, -0.15) is 0 Å². The molecule has 1 aromatic heterocycles. The molecule has 1 aromatic carbocycles. The number of nitrogens with zero attached hydrogens (tertiary/aromatic N) is 1. The summed E-state index contributed by atoms with van der Waals surface area (Å²) in [7, 11) is 1.58. The molecule has 0 saturated carbocycles. The van der Waals surface area contributed by atoms with Crippen LogP contribution in [0.15, 0.2) is 28.8 Å². The van der Waals surface area contributed by atoms with Crippen LogP contribution in [0.1, 0.15) is 4.88 Å². The Labute approximate surface area is 128 Å². The van der Waals surface area contributed by atoms with Crippen molar-refractivity contribution in [2.75, 3.05) is 7.11 Å². The molecule has 21 heavy (non-hydrogen) atoms. The van der Waals surface area contributed by atoms with E-state index in [9.17, 15) is 9.90 Å². The molecule has 0 spiro atoms. The highest BCUT2D eigenvalue weighted by Gasteiger charge is 2.13. The molecule has 1 amide bonds. The third kappa shape index (κ3) is 2.65. The maximum absolute atomic E-state index is 12.0. The zero-order valence-corrected chi connectivity index (χ0v) is 12.5. The fraction of sp³-hybridized carbons (Fsp3) is 0.0714. The first kappa shape index (κ1) is 13.7. The van der Waals surface area contributed by atoms with E-state index in [1.165, 1.54) is 11.3 Å². The van der Waals surface area contributed by atoms with Crippen molar-refractivity contribution in [3.8, 4) is 11.6 Å². The summed E-state index contributed by atoms with van der Waals surface area (Å²) in [6, 6.07) is 5.29. The van der Waals surface area contributed by atoms with Crippen LogP contribution >= 0.6 is 23.6 Å². The molecule has 0 atom stereocenters. The fourth-order valence-corrected chi connectivity index (χ4v) is 3.00. The number of amides is 1. The summed E-state index contributed by atoms with van der Waals surface area (Å²) >= 11 is 6.15. The number of benzene rings is 1. The molecule has 3 rings (SSSR count). The van der Waals surface area contributed by atoms with Crippen LogP contribution in [-0.4, -0.2) is 23.1 Å². The molecule has 7 heteroatoms. The van der Waals surface area contributed by atoms with E-state index in [0.29, 0.717) is 25.5 Å². The Morgan fingerprint density at radius 1 is 1.48 bits per heavy atom. The normalized spacial score (nSPS) is 15.3. The molecule has 0 unspecified atom stereocenters. The zero-order chi connectivity index (χ0) is 15.0. The Bertz CT molecular complexity index is 938. The molecule has 1 aliphatic rings. The van der Waals surface area contributed by atoms with Gasteiger partial charge in [0.2, 0.25) is 5.88 Å². The number of hydrogen-bond acceptors (Lipinski definition) is 5. The Kier molecular flexibility index (Phi) is 3.44. The number of ether oxygens (including phenoxy) is 1. The number of methoxy groups -OCH3 is 1. The van der Waals surface area contributed by atoms with Gasteiger partial charge in [0.05, 0.1) is 17.3 Å². The van der Waals surface area contributed by atoms with Gasteiger partial charge in [-0.25, -0.2) is 4.99 Å². The number of aromatic amines is 1. The quantitative estimate of drug-likeness (QED) is 0.651. The lowest BCUT2D eigenvalue weighted by Gasteiger charge is -2.04. The Hall–Kier alpha value is -2.25.